The molecule has 0 unspecified atom stereocenters. The lowest BCUT2D eigenvalue weighted by Gasteiger charge is -2.08. The van der Waals surface area contributed by atoms with E-state index in [-0.39, 0.29) is 0 Å². The summed E-state index contributed by atoms with van der Waals surface area (Å²) in [6.07, 6.45) is 1.82. The summed E-state index contributed by atoms with van der Waals surface area (Å²) in [4.78, 5) is 1.02. The number of nitrogens with two attached hydrogens (primary N) is 1. The third-order valence-electron chi connectivity index (χ3n) is 2.53. The van der Waals surface area contributed by atoms with Crippen molar-refractivity contribution in [3.8, 4) is 11.4 Å². The van der Waals surface area contributed by atoms with Gasteiger partial charge in [-0.25, -0.2) is 4.68 Å². The second kappa shape index (κ2) is 6.02. The van der Waals surface area contributed by atoms with Crippen molar-refractivity contribution in [2.45, 2.75) is 30.9 Å². The average molecular weight is 277 g/mol. The third kappa shape index (κ3) is 3.23. The Bertz CT molecular complexity index is 534. The first kappa shape index (κ1) is 13.8. The van der Waals surface area contributed by atoms with Crippen molar-refractivity contribution >= 4 is 17.6 Å². The second-order valence-electron chi connectivity index (χ2n) is 4.40. The monoisotopic (exact) mass is 277 g/mol. The van der Waals surface area contributed by atoms with E-state index in [2.05, 4.69) is 18.9 Å². The molecule has 0 amide bonds. The van der Waals surface area contributed by atoms with Crippen molar-refractivity contribution in [1.82, 2.24) is 9.78 Å². The van der Waals surface area contributed by atoms with Crippen LogP contribution >= 0.6 is 11.8 Å². The Morgan fingerprint density at radius 2 is 2.00 bits per heavy atom. The number of nitrogen functional groups attached to an aromatic ring is 1. The summed E-state index contributed by atoms with van der Waals surface area (Å²) in [6, 6.07) is 7.76. The van der Waals surface area contributed by atoms with Gasteiger partial charge in [0.2, 0.25) is 0 Å². The molecule has 2 N–H and O–H groups in total. The first-order valence-electron chi connectivity index (χ1n) is 6.35. The molecule has 1 aromatic carbocycles. The zero-order valence-corrected chi connectivity index (χ0v) is 12.3. The number of ether oxygens (including phenoxy) is 1. The largest absolute Gasteiger partial charge is 0.494 e. The van der Waals surface area contributed by atoms with Crippen LogP contribution in [0.15, 0.2) is 35.4 Å². The zero-order valence-electron chi connectivity index (χ0n) is 11.5. The molecule has 1 heterocycles. The third-order valence-corrected chi connectivity index (χ3v) is 3.57. The van der Waals surface area contributed by atoms with E-state index in [0.717, 1.165) is 16.3 Å². The van der Waals surface area contributed by atoms with Crippen molar-refractivity contribution in [3.63, 3.8) is 0 Å². The molecule has 0 aliphatic rings. The Kier molecular flexibility index (Phi) is 4.37. The summed E-state index contributed by atoms with van der Waals surface area (Å²) in [5.41, 5.74) is 7.07. The number of hydrogen-bond acceptors (Lipinski definition) is 4. The summed E-state index contributed by atoms with van der Waals surface area (Å²) in [5, 5.41) is 4.83. The minimum atomic E-state index is 0.486. The molecular weight excluding hydrogens is 258 g/mol. The van der Waals surface area contributed by atoms with Crippen LogP contribution in [0.2, 0.25) is 0 Å². The van der Waals surface area contributed by atoms with E-state index >= 15 is 0 Å². The molecule has 102 valence electrons. The Hall–Kier alpha value is -1.62. The van der Waals surface area contributed by atoms with Gasteiger partial charge in [-0.15, -0.1) is 11.8 Å². The number of thioether (sulfide) groups is 1. The Morgan fingerprint density at radius 3 is 2.58 bits per heavy atom. The van der Waals surface area contributed by atoms with E-state index in [0.29, 0.717) is 17.7 Å². The molecule has 0 bridgehead atoms. The summed E-state index contributed by atoms with van der Waals surface area (Å²) >= 11 is 1.72. The number of aromatic nitrogens is 2. The highest BCUT2D eigenvalue weighted by Crippen LogP contribution is 2.30. The molecule has 0 aliphatic carbocycles. The molecule has 19 heavy (non-hydrogen) atoms. The predicted molar refractivity (Wildman–Crippen MR) is 80.1 cm³/mol. The highest BCUT2D eigenvalue weighted by molar-refractivity contribution is 8.00. The van der Waals surface area contributed by atoms with Crippen LogP contribution in [0.1, 0.15) is 20.8 Å². The van der Waals surface area contributed by atoms with Crippen LogP contribution < -0.4 is 10.5 Å². The number of hydrogen-bond donors (Lipinski definition) is 1. The molecule has 5 heteroatoms. The fourth-order valence-corrected chi connectivity index (χ4v) is 2.57. The summed E-state index contributed by atoms with van der Waals surface area (Å²) in [6.45, 7) is 6.91. The first-order valence-corrected chi connectivity index (χ1v) is 7.23. The quantitative estimate of drug-likeness (QED) is 0.851. The van der Waals surface area contributed by atoms with Gasteiger partial charge in [0.05, 0.1) is 23.4 Å². The van der Waals surface area contributed by atoms with Crippen LogP contribution in [0.25, 0.3) is 5.69 Å². The maximum atomic E-state index is 6.13. The van der Waals surface area contributed by atoms with Crippen molar-refractivity contribution < 1.29 is 4.74 Å². The summed E-state index contributed by atoms with van der Waals surface area (Å²) < 4.78 is 7.17. The number of anilines is 1. The van der Waals surface area contributed by atoms with Crippen LogP contribution in [-0.4, -0.2) is 21.6 Å². The maximum absolute atomic E-state index is 6.13. The highest BCUT2D eigenvalue weighted by atomic mass is 32.2. The highest BCUT2D eigenvalue weighted by Gasteiger charge is 2.11. The molecule has 0 fully saturated rings. The molecule has 0 spiro atoms. The molecule has 0 atom stereocenters. The van der Waals surface area contributed by atoms with E-state index < -0.39 is 0 Å². The lowest BCUT2D eigenvalue weighted by Crippen LogP contribution is -2.02. The van der Waals surface area contributed by atoms with Gasteiger partial charge in [0.25, 0.3) is 0 Å². The van der Waals surface area contributed by atoms with Gasteiger partial charge in [0, 0.05) is 5.25 Å². The van der Waals surface area contributed by atoms with Gasteiger partial charge in [0.15, 0.2) is 0 Å². The summed E-state index contributed by atoms with van der Waals surface area (Å²) in [5.74, 6) is 1.54. The fourth-order valence-electron chi connectivity index (χ4n) is 1.74. The van der Waals surface area contributed by atoms with Gasteiger partial charge in [-0.05, 0) is 31.2 Å². The molecule has 4 nitrogen and oxygen atoms in total. The number of benzene rings is 1. The minimum Gasteiger partial charge on any atom is -0.494 e. The number of nitrogens with zero attached hydrogens (tertiary/aromatic N) is 2. The van der Waals surface area contributed by atoms with Gasteiger partial charge in [-0.3, -0.25) is 0 Å². The zero-order chi connectivity index (χ0) is 13.8. The normalized spacial score (nSPS) is 10.9. The van der Waals surface area contributed by atoms with Crippen molar-refractivity contribution in [2.24, 2.45) is 0 Å². The predicted octanol–water partition coefficient (Wildman–Crippen LogP) is 3.35. The van der Waals surface area contributed by atoms with Gasteiger partial charge in [0.1, 0.15) is 11.6 Å². The van der Waals surface area contributed by atoms with Crippen molar-refractivity contribution in [2.75, 3.05) is 12.3 Å². The topological polar surface area (TPSA) is 53.1 Å². The van der Waals surface area contributed by atoms with Gasteiger partial charge < -0.3 is 10.5 Å². The van der Waals surface area contributed by atoms with Crippen molar-refractivity contribution in [1.29, 1.82) is 0 Å². The molecule has 0 saturated heterocycles. The van der Waals surface area contributed by atoms with Crippen LogP contribution in [-0.2, 0) is 0 Å². The molecular formula is C14H19N3OS. The SMILES string of the molecule is CCOc1ccc(-n2ncc(SC(C)C)c2N)cc1. The van der Waals surface area contributed by atoms with E-state index in [4.69, 9.17) is 10.5 Å². The van der Waals surface area contributed by atoms with Crippen LogP contribution in [0.3, 0.4) is 0 Å². The Labute approximate surface area is 117 Å². The van der Waals surface area contributed by atoms with Gasteiger partial charge in [-0.1, -0.05) is 13.8 Å². The van der Waals surface area contributed by atoms with E-state index in [1.807, 2.05) is 37.4 Å². The molecule has 0 radical (unpaired) electrons. The van der Waals surface area contributed by atoms with E-state index in [9.17, 15) is 0 Å². The van der Waals surface area contributed by atoms with Crippen LogP contribution in [0.5, 0.6) is 5.75 Å². The van der Waals surface area contributed by atoms with Crippen molar-refractivity contribution in [3.05, 3.63) is 30.5 Å². The summed E-state index contributed by atoms with van der Waals surface area (Å²) in [7, 11) is 0. The average Bonchev–Trinajstić information content (AvgIpc) is 2.72. The van der Waals surface area contributed by atoms with E-state index in [1.165, 1.54) is 0 Å². The minimum absolute atomic E-state index is 0.486. The fraction of sp³-hybridized carbons (Fsp3) is 0.357. The molecule has 2 rings (SSSR count). The van der Waals surface area contributed by atoms with Gasteiger partial charge in [-0.2, -0.15) is 5.10 Å². The van der Waals surface area contributed by atoms with Crippen LogP contribution in [0, 0.1) is 0 Å². The maximum Gasteiger partial charge on any atom is 0.140 e. The molecule has 0 aliphatic heterocycles. The van der Waals surface area contributed by atoms with Gasteiger partial charge >= 0.3 is 0 Å². The number of rotatable bonds is 5. The molecule has 0 saturated carbocycles. The Morgan fingerprint density at radius 1 is 1.32 bits per heavy atom. The lowest BCUT2D eigenvalue weighted by molar-refractivity contribution is 0.340. The molecule has 2 aromatic rings. The lowest BCUT2D eigenvalue weighted by atomic mass is 10.3. The van der Waals surface area contributed by atoms with Crippen LogP contribution in [0.4, 0.5) is 5.82 Å². The van der Waals surface area contributed by atoms with E-state index in [1.54, 1.807) is 16.4 Å². The standard InChI is InChI=1S/C14H19N3OS/c1-4-18-12-7-5-11(6-8-12)17-14(15)13(9-16-17)19-10(2)3/h5-10H,4,15H2,1-3H3. The second-order valence-corrected chi connectivity index (χ2v) is 6.02. The first-order chi connectivity index (χ1) is 9.11. The smallest absolute Gasteiger partial charge is 0.140 e. The Balaban J connectivity index is 2.24. The molecule has 1 aromatic heterocycles.